The number of alkyl halides is 2. The van der Waals surface area contributed by atoms with Gasteiger partial charge in [-0.1, -0.05) is 0 Å². The average Bonchev–Trinajstić information content (AvgIpc) is 1.82. The minimum atomic E-state index is -2.78. The molecule has 0 aliphatic rings. The highest BCUT2D eigenvalue weighted by atomic mass is 127. The number of halogens is 3. The maximum Gasteiger partial charge on any atom is 0.269 e. The van der Waals surface area contributed by atoms with Gasteiger partial charge in [0.25, 0.3) is 12.0 Å². The highest BCUT2D eigenvalue weighted by molar-refractivity contribution is 14.1. The Morgan fingerprint density at radius 1 is 1.58 bits per heavy atom. The summed E-state index contributed by atoms with van der Waals surface area (Å²) in [6, 6.07) is 1.00. The zero-order valence-corrected chi connectivity index (χ0v) is 7.80. The normalized spacial score (nSPS) is 10.7. The molecule has 0 radical (unpaired) electrons. The van der Waals surface area contributed by atoms with Gasteiger partial charge >= 0.3 is 0 Å². The second-order valence-corrected chi connectivity index (χ2v) is 3.21. The fraction of sp³-hybridized carbons (Fsp3) is 0.167. The van der Waals surface area contributed by atoms with Gasteiger partial charge in [0.1, 0.15) is 0 Å². The zero-order chi connectivity index (χ0) is 9.30. The van der Waals surface area contributed by atoms with Crippen LogP contribution in [-0.2, 0) is 0 Å². The van der Waals surface area contributed by atoms with E-state index in [4.69, 9.17) is 5.11 Å². The molecule has 0 aliphatic carbocycles. The summed E-state index contributed by atoms with van der Waals surface area (Å²) >= 11 is 1.57. The van der Waals surface area contributed by atoms with Gasteiger partial charge in [0, 0.05) is 9.64 Å². The lowest BCUT2D eigenvalue weighted by Crippen LogP contribution is -2.07. The van der Waals surface area contributed by atoms with E-state index in [2.05, 4.69) is 0 Å². The molecule has 1 aromatic heterocycles. The number of hydrogen-bond acceptors (Lipinski definition) is 2. The van der Waals surface area contributed by atoms with Crippen molar-refractivity contribution in [2.24, 2.45) is 0 Å². The van der Waals surface area contributed by atoms with Crippen LogP contribution in [-0.4, -0.2) is 10.1 Å². The molecule has 1 rings (SSSR count). The number of nitrogens with one attached hydrogen (secondary N) is 1. The van der Waals surface area contributed by atoms with Crippen LogP contribution in [0.15, 0.2) is 10.9 Å². The lowest BCUT2D eigenvalue weighted by atomic mass is 10.3. The summed E-state index contributed by atoms with van der Waals surface area (Å²) in [6.07, 6.45) is -2.78. The zero-order valence-electron chi connectivity index (χ0n) is 5.64. The first-order chi connectivity index (χ1) is 5.52. The standard InChI is InChI=1S/C6H4F2INO2/c7-5(8)4-2(9)1-3(11)10-6(4)12/h1,5H,(H2,10,11,12). The van der Waals surface area contributed by atoms with Gasteiger partial charge in [0.05, 0.1) is 5.56 Å². The Morgan fingerprint density at radius 3 is 2.58 bits per heavy atom. The van der Waals surface area contributed by atoms with Crippen LogP contribution in [0, 0.1) is 3.57 Å². The van der Waals surface area contributed by atoms with Gasteiger partial charge in [-0.05, 0) is 22.6 Å². The maximum atomic E-state index is 12.1. The third kappa shape index (κ3) is 1.74. The fourth-order valence-electron chi connectivity index (χ4n) is 0.734. The van der Waals surface area contributed by atoms with Gasteiger partial charge in [0.2, 0.25) is 5.88 Å². The number of H-pyrrole nitrogens is 1. The first kappa shape index (κ1) is 9.43. The van der Waals surface area contributed by atoms with E-state index in [0.29, 0.717) is 0 Å². The molecular weight excluding hydrogens is 283 g/mol. The number of rotatable bonds is 1. The molecule has 0 fully saturated rings. The van der Waals surface area contributed by atoms with Crippen molar-refractivity contribution in [2.75, 3.05) is 0 Å². The molecular formula is C6H4F2INO2. The molecule has 0 saturated heterocycles. The summed E-state index contributed by atoms with van der Waals surface area (Å²) in [6.45, 7) is 0. The summed E-state index contributed by atoms with van der Waals surface area (Å²) in [7, 11) is 0. The Bertz CT molecular complexity index is 324. The molecule has 0 aliphatic heterocycles. The van der Waals surface area contributed by atoms with Crippen molar-refractivity contribution in [3.05, 3.63) is 25.6 Å². The second-order valence-electron chi connectivity index (χ2n) is 2.04. The number of hydrogen-bond donors (Lipinski definition) is 2. The van der Waals surface area contributed by atoms with Crippen LogP contribution in [0.1, 0.15) is 12.0 Å². The van der Waals surface area contributed by atoms with Gasteiger partial charge in [-0.2, -0.15) is 0 Å². The molecule has 0 aromatic carbocycles. The smallest absolute Gasteiger partial charge is 0.269 e. The van der Waals surface area contributed by atoms with Crippen molar-refractivity contribution in [3.8, 4) is 5.88 Å². The Balaban J connectivity index is 3.38. The number of aromatic nitrogens is 1. The molecule has 3 nitrogen and oxygen atoms in total. The van der Waals surface area contributed by atoms with E-state index in [-0.39, 0.29) is 3.57 Å². The van der Waals surface area contributed by atoms with Crippen molar-refractivity contribution >= 4 is 22.6 Å². The van der Waals surface area contributed by atoms with Crippen molar-refractivity contribution in [1.29, 1.82) is 0 Å². The van der Waals surface area contributed by atoms with Crippen molar-refractivity contribution < 1.29 is 13.9 Å². The Hall–Kier alpha value is -0.660. The third-order valence-electron chi connectivity index (χ3n) is 1.23. The average molecular weight is 287 g/mol. The molecule has 6 heteroatoms. The Morgan fingerprint density at radius 2 is 2.17 bits per heavy atom. The summed E-state index contributed by atoms with van der Waals surface area (Å²) in [4.78, 5) is 12.5. The molecule has 66 valence electrons. The van der Waals surface area contributed by atoms with Crippen LogP contribution in [0.2, 0.25) is 0 Å². The van der Waals surface area contributed by atoms with Crippen molar-refractivity contribution in [1.82, 2.24) is 4.98 Å². The van der Waals surface area contributed by atoms with Gasteiger partial charge in [0.15, 0.2) is 0 Å². The number of pyridine rings is 1. The molecule has 0 bridgehead atoms. The molecule has 1 aromatic rings. The first-order valence-electron chi connectivity index (χ1n) is 2.92. The molecule has 0 unspecified atom stereocenters. The number of aromatic amines is 1. The molecule has 0 spiro atoms. The Kier molecular flexibility index (Phi) is 2.65. The first-order valence-corrected chi connectivity index (χ1v) is 4.00. The Labute approximate surface area is 79.6 Å². The lowest BCUT2D eigenvalue weighted by molar-refractivity contribution is 0.145. The monoisotopic (exact) mass is 287 g/mol. The minimum absolute atomic E-state index is 0.0591. The second kappa shape index (κ2) is 3.38. The predicted molar refractivity (Wildman–Crippen MR) is 46.4 cm³/mol. The minimum Gasteiger partial charge on any atom is -0.494 e. The van der Waals surface area contributed by atoms with Crippen LogP contribution in [0.3, 0.4) is 0 Å². The van der Waals surface area contributed by atoms with Crippen LogP contribution >= 0.6 is 22.6 Å². The van der Waals surface area contributed by atoms with E-state index in [0.717, 1.165) is 6.07 Å². The largest absolute Gasteiger partial charge is 0.494 e. The van der Waals surface area contributed by atoms with Gasteiger partial charge in [-0.15, -0.1) is 0 Å². The van der Waals surface area contributed by atoms with Crippen molar-refractivity contribution in [3.63, 3.8) is 0 Å². The maximum absolute atomic E-state index is 12.1. The van der Waals surface area contributed by atoms with Crippen LogP contribution < -0.4 is 5.56 Å². The van der Waals surface area contributed by atoms with Gasteiger partial charge < -0.3 is 5.11 Å². The summed E-state index contributed by atoms with van der Waals surface area (Å²) < 4.78 is 24.3. The van der Waals surface area contributed by atoms with Crippen LogP contribution in [0.5, 0.6) is 5.88 Å². The van der Waals surface area contributed by atoms with E-state index < -0.39 is 23.4 Å². The van der Waals surface area contributed by atoms with E-state index in [1.54, 1.807) is 22.6 Å². The topological polar surface area (TPSA) is 53.1 Å². The van der Waals surface area contributed by atoms with Crippen molar-refractivity contribution in [2.45, 2.75) is 6.43 Å². The molecule has 12 heavy (non-hydrogen) atoms. The summed E-state index contributed by atoms with van der Waals surface area (Å²) in [5.41, 5.74) is -1.13. The van der Waals surface area contributed by atoms with E-state index in [1.807, 2.05) is 4.98 Å². The highest BCUT2D eigenvalue weighted by Gasteiger charge is 2.17. The summed E-state index contributed by atoms with van der Waals surface area (Å²) in [5.74, 6) is -0.762. The lowest BCUT2D eigenvalue weighted by Gasteiger charge is -2.03. The molecule has 0 atom stereocenters. The third-order valence-corrected chi connectivity index (χ3v) is 2.12. The fourth-order valence-corrected chi connectivity index (χ4v) is 1.51. The number of aromatic hydroxyl groups is 1. The van der Waals surface area contributed by atoms with E-state index >= 15 is 0 Å². The van der Waals surface area contributed by atoms with E-state index in [1.165, 1.54) is 0 Å². The van der Waals surface area contributed by atoms with Crippen LogP contribution in [0.4, 0.5) is 8.78 Å². The SMILES string of the molecule is O=c1cc(I)c(C(F)F)c(O)[nH]1. The van der Waals surface area contributed by atoms with Crippen LogP contribution in [0.25, 0.3) is 0 Å². The molecule has 0 amide bonds. The quantitative estimate of drug-likeness (QED) is 0.771. The summed E-state index contributed by atoms with van der Waals surface area (Å²) in [5, 5.41) is 8.90. The molecule has 1 heterocycles. The van der Waals surface area contributed by atoms with E-state index in [9.17, 15) is 13.6 Å². The predicted octanol–water partition coefficient (Wildman–Crippen LogP) is 1.62. The highest BCUT2D eigenvalue weighted by Crippen LogP contribution is 2.28. The van der Waals surface area contributed by atoms with Gasteiger partial charge in [-0.3, -0.25) is 9.78 Å². The molecule has 0 saturated carbocycles. The molecule has 2 N–H and O–H groups in total. The van der Waals surface area contributed by atoms with Gasteiger partial charge in [-0.25, -0.2) is 8.78 Å².